The molecule has 0 radical (unpaired) electrons. The van der Waals surface area contributed by atoms with Gasteiger partial charge in [-0.1, -0.05) is 26.2 Å². The molecule has 1 aliphatic carbocycles. The Morgan fingerprint density at radius 2 is 2.06 bits per heavy atom. The van der Waals surface area contributed by atoms with E-state index < -0.39 is 0 Å². The standard InChI is InChI=1S/C14H24N2S/c1-3-4-7-10-14(2,15)13-16-11-8-5-6-9-12(11)17-13/h3-10,15H2,1-2H3. The number of thiazole rings is 1. The van der Waals surface area contributed by atoms with Crippen LogP contribution in [-0.2, 0) is 18.4 Å². The highest BCUT2D eigenvalue weighted by Crippen LogP contribution is 2.33. The molecule has 0 saturated heterocycles. The molecule has 1 aromatic heterocycles. The van der Waals surface area contributed by atoms with Crippen LogP contribution >= 0.6 is 11.3 Å². The Bertz CT molecular complexity index is 345. The topological polar surface area (TPSA) is 38.9 Å². The molecule has 0 fully saturated rings. The van der Waals surface area contributed by atoms with Gasteiger partial charge in [-0.25, -0.2) is 4.98 Å². The lowest BCUT2D eigenvalue weighted by Crippen LogP contribution is -2.32. The van der Waals surface area contributed by atoms with Crippen LogP contribution in [0.25, 0.3) is 0 Å². The first-order valence-corrected chi connectivity index (χ1v) is 7.73. The first-order valence-electron chi connectivity index (χ1n) is 6.91. The molecule has 0 spiro atoms. The molecule has 3 heteroatoms. The first-order chi connectivity index (χ1) is 8.13. The van der Waals surface area contributed by atoms with E-state index in [9.17, 15) is 0 Å². The van der Waals surface area contributed by atoms with Crippen molar-refractivity contribution in [1.29, 1.82) is 0 Å². The van der Waals surface area contributed by atoms with Crippen LogP contribution in [0.2, 0.25) is 0 Å². The maximum Gasteiger partial charge on any atom is 0.113 e. The van der Waals surface area contributed by atoms with Crippen LogP contribution < -0.4 is 5.73 Å². The van der Waals surface area contributed by atoms with E-state index in [-0.39, 0.29) is 5.54 Å². The zero-order valence-electron chi connectivity index (χ0n) is 11.1. The summed E-state index contributed by atoms with van der Waals surface area (Å²) in [6.07, 6.45) is 9.82. The Morgan fingerprint density at radius 1 is 1.29 bits per heavy atom. The molecule has 1 heterocycles. The summed E-state index contributed by atoms with van der Waals surface area (Å²) in [5, 5.41) is 1.17. The van der Waals surface area contributed by atoms with Crippen molar-refractivity contribution in [3.05, 3.63) is 15.6 Å². The van der Waals surface area contributed by atoms with Gasteiger partial charge in [0, 0.05) is 4.88 Å². The van der Waals surface area contributed by atoms with Gasteiger partial charge in [0.2, 0.25) is 0 Å². The minimum atomic E-state index is -0.211. The number of fused-ring (bicyclic) bond motifs is 1. The maximum absolute atomic E-state index is 6.44. The zero-order chi connectivity index (χ0) is 12.3. The Morgan fingerprint density at radius 3 is 2.76 bits per heavy atom. The van der Waals surface area contributed by atoms with Crippen LogP contribution in [0.3, 0.4) is 0 Å². The fraction of sp³-hybridized carbons (Fsp3) is 0.786. The van der Waals surface area contributed by atoms with Crippen LogP contribution in [0.1, 0.15) is 68.0 Å². The highest BCUT2D eigenvalue weighted by Gasteiger charge is 2.27. The van der Waals surface area contributed by atoms with Crippen LogP contribution in [-0.4, -0.2) is 4.98 Å². The SMILES string of the molecule is CCCCCC(C)(N)c1nc2c(s1)CCCC2. The second-order valence-electron chi connectivity index (χ2n) is 5.47. The molecule has 0 bridgehead atoms. The predicted octanol–water partition coefficient (Wildman–Crippen LogP) is 3.78. The molecule has 17 heavy (non-hydrogen) atoms. The summed E-state index contributed by atoms with van der Waals surface area (Å²) in [6, 6.07) is 0. The normalized spacial score (nSPS) is 18.8. The molecule has 1 atom stereocenters. The lowest BCUT2D eigenvalue weighted by Gasteiger charge is -2.21. The second kappa shape index (κ2) is 5.49. The van der Waals surface area contributed by atoms with E-state index in [0.29, 0.717) is 0 Å². The molecular weight excluding hydrogens is 228 g/mol. The zero-order valence-corrected chi connectivity index (χ0v) is 11.9. The summed E-state index contributed by atoms with van der Waals surface area (Å²) in [4.78, 5) is 6.29. The molecule has 2 rings (SSSR count). The van der Waals surface area contributed by atoms with E-state index in [1.54, 1.807) is 0 Å². The number of aromatic nitrogens is 1. The second-order valence-corrected chi connectivity index (χ2v) is 6.55. The number of nitrogens with two attached hydrogens (primary N) is 1. The molecule has 96 valence electrons. The summed E-state index contributed by atoms with van der Waals surface area (Å²) >= 11 is 1.86. The van der Waals surface area contributed by atoms with Gasteiger partial charge in [-0.2, -0.15) is 0 Å². The van der Waals surface area contributed by atoms with Crippen LogP contribution in [0.4, 0.5) is 0 Å². The van der Waals surface area contributed by atoms with Crippen molar-refractivity contribution in [2.45, 2.75) is 70.8 Å². The molecule has 2 nitrogen and oxygen atoms in total. The van der Waals surface area contributed by atoms with Gasteiger partial charge < -0.3 is 5.73 Å². The summed E-state index contributed by atoms with van der Waals surface area (Å²) in [5.41, 5.74) is 7.56. The average Bonchev–Trinajstić information content (AvgIpc) is 2.73. The highest BCUT2D eigenvalue weighted by molar-refractivity contribution is 7.11. The van der Waals surface area contributed by atoms with Gasteiger partial charge in [-0.05, 0) is 39.0 Å². The van der Waals surface area contributed by atoms with Gasteiger partial charge >= 0.3 is 0 Å². The van der Waals surface area contributed by atoms with Crippen molar-refractivity contribution in [3.63, 3.8) is 0 Å². The molecule has 0 amide bonds. The van der Waals surface area contributed by atoms with Crippen LogP contribution in [0, 0.1) is 0 Å². The Kier molecular flexibility index (Phi) is 4.21. The molecule has 1 aliphatic rings. The summed E-state index contributed by atoms with van der Waals surface area (Å²) < 4.78 is 0. The fourth-order valence-electron chi connectivity index (χ4n) is 2.45. The van der Waals surface area contributed by atoms with Crippen molar-refractivity contribution in [1.82, 2.24) is 4.98 Å². The monoisotopic (exact) mass is 252 g/mol. The average molecular weight is 252 g/mol. The minimum absolute atomic E-state index is 0.211. The number of unbranched alkanes of at least 4 members (excludes halogenated alkanes) is 2. The predicted molar refractivity (Wildman–Crippen MR) is 74.4 cm³/mol. The minimum Gasteiger partial charge on any atom is -0.320 e. The number of nitrogens with zero attached hydrogens (tertiary/aromatic N) is 1. The number of hydrogen-bond acceptors (Lipinski definition) is 3. The first kappa shape index (κ1) is 13.0. The lowest BCUT2D eigenvalue weighted by atomic mass is 9.96. The largest absolute Gasteiger partial charge is 0.320 e. The van der Waals surface area contributed by atoms with E-state index in [1.807, 2.05) is 11.3 Å². The van der Waals surface area contributed by atoms with Crippen molar-refractivity contribution < 1.29 is 0 Å². The van der Waals surface area contributed by atoms with Crippen molar-refractivity contribution in [3.8, 4) is 0 Å². The quantitative estimate of drug-likeness (QED) is 0.810. The third-order valence-corrected chi connectivity index (χ3v) is 5.07. The van der Waals surface area contributed by atoms with Crippen LogP contribution in [0.15, 0.2) is 0 Å². The Hall–Kier alpha value is -0.410. The molecule has 1 aromatic rings. The van der Waals surface area contributed by atoms with Crippen LogP contribution in [0.5, 0.6) is 0 Å². The van der Waals surface area contributed by atoms with E-state index >= 15 is 0 Å². The smallest absolute Gasteiger partial charge is 0.113 e. The Labute approximate surface area is 109 Å². The fourth-order valence-corrected chi connectivity index (χ4v) is 3.68. The Balaban J connectivity index is 2.07. The molecule has 2 N–H and O–H groups in total. The maximum atomic E-state index is 6.44. The third-order valence-electron chi connectivity index (χ3n) is 3.63. The van der Waals surface area contributed by atoms with E-state index in [1.165, 1.54) is 54.1 Å². The van der Waals surface area contributed by atoms with Gasteiger partial charge in [-0.3, -0.25) is 0 Å². The van der Waals surface area contributed by atoms with Crippen molar-refractivity contribution in [2.75, 3.05) is 0 Å². The highest BCUT2D eigenvalue weighted by atomic mass is 32.1. The van der Waals surface area contributed by atoms with E-state index in [0.717, 1.165) is 12.8 Å². The summed E-state index contributed by atoms with van der Waals surface area (Å²) in [7, 11) is 0. The summed E-state index contributed by atoms with van der Waals surface area (Å²) in [5.74, 6) is 0. The van der Waals surface area contributed by atoms with E-state index in [4.69, 9.17) is 10.7 Å². The van der Waals surface area contributed by atoms with Gasteiger partial charge in [0.05, 0.1) is 11.2 Å². The molecular formula is C14H24N2S. The van der Waals surface area contributed by atoms with E-state index in [2.05, 4.69) is 13.8 Å². The summed E-state index contributed by atoms with van der Waals surface area (Å²) in [6.45, 7) is 4.38. The molecule has 1 unspecified atom stereocenters. The van der Waals surface area contributed by atoms with Gasteiger partial charge in [-0.15, -0.1) is 11.3 Å². The van der Waals surface area contributed by atoms with Crippen molar-refractivity contribution in [2.24, 2.45) is 5.73 Å². The molecule has 0 saturated carbocycles. The van der Waals surface area contributed by atoms with Gasteiger partial charge in [0.25, 0.3) is 0 Å². The third kappa shape index (κ3) is 3.08. The van der Waals surface area contributed by atoms with Crippen molar-refractivity contribution >= 4 is 11.3 Å². The number of aryl methyl sites for hydroxylation is 2. The number of rotatable bonds is 5. The molecule has 0 aliphatic heterocycles. The van der Waals surface area contributed by atoms with Gasteiger partial charge in [0.1, 0.15) is 5.01 Å². The van der Waals surface area contributed by atoms with Gasteiger partial charge in [0.15, 0.2) is 0 Å². The lowest BCUT2D eigenvalue weighted by molar-refractivity contribution is 0.424. The number of hydrogen-bond donors (Lipinski definition) is 1. The molecule has 0 aromatic carbocycles.